The zero-order chi connectivity index (χ0) is 21.6. The zero-order valence-corrected chi connectivity index (χ0v) is 17.2. The Balaban J connectivity index is 1.33. The number of carbonyl (C=O) groups excluding carboxylic acids is 1. The predicted molar refractivity (Wildman–Crippen MR) is 121 cm³/mol. The van der Waals surface area contributed by atoms with Gasteiger partial charge >= 0.3 is 5.63 Å². The molecule has 1 heterocycles. The minimum Gasteiger partial charge on any atom is -0.508 e. The van der Waals surface area contributed by atoms with Gasteiger partial charge in [0.1, 0.15) is 17.1 Å². The summed E-state index contributed by atoms with van der Waals surface area (Å²) in [6.45, 7) is -0.0734. The molecular formula is C24H19NO5S. The molecule has 0 saturated heterocycles. The fourth-order valence-corrected chi connectivity index (χ4v) is 3.75. The van der Waals surface area contributed by atoms with E-state index in [1.807, 2.05) is 30.3 Å². The van der Waals surface area contributed by atoms with Crippen molar-refractivity contribution in [1.29, 1.82) is 0 Å². The molecule has 0 spiro atoms. The fraction of sp³-hybridized carbons (Fsp3) is 0.0833. The number of phenolic OH excluding ortho intramolecular Hbond substituents is 1. The van der Waals surface area contributed by atoms with E-state index in [1.54, 1.807) is 42.5 Å². The van der Waals surface area contributed by atoms with Gasteiger partial charge in [0.25, 0.3) is 5.91 Å². The second-order valence-electron chi connectivity index (χ2n) is 6.74. The zero-order valence-electron chi connectivity index (χ0n) is 16.4. The Kier molecular flexibility index (Phi) is 6.24. The molecule has 3 aromatic carbocycles. The Morgan fingerprint density at radius 1 is 1.00 bits per heavy atom. The van der Waals surface area contributed by atoms with Crippen LogP contribution in [0.25, 0.3) is 11.0 Å². The second-order valence-corrected chi connectivity index (χ2v) is 7.79. The summed E-state index contributed by atoms with van der Waals surface area (Å²) in [7, 11) is 0. The lowest BCUT2D eigenvalue weighted by Crippen LogP contribution is -2.20. The largest absolute Gasteiger partial charge is 0.508 e. The molecule has 4 rings (SSSR count). The lowest BCUT2D eigenvalue weighted by Gasteiger charge is -2.08. The predicted octanol–water partition coefficient (Wildman–Crippen LogP) is 4.81. The van der Waals surface area contributed by atoms with Crippen molar-refractivity contribution in [3.05, 3.63) is 94.8 Å². The molecule has 0 unspecified atom stereocenters. The van der Waals surface area contributed by atoms with Crippen LogP contribution in [-0.2, 0) is 10.5 Å². The molecule has 1 amide bonds. The van der Waals surface area contributed by atoms with Crippen molar-refractivity contribution >= 4 is 34.3 Å². The van der Waals surface area contributed by atoms with Gasteiger partial charge in [0.05, 0.1) is 0 Å². The molecule has 0 aliphatic rings. The number of amides is 1. The Hall–Kier alpha value is -3.71. The number of rotatable bonds is 7. The van der Waals surface area contributed by atoms with E-state index in [0.29, 0.717) is 28.3 Å². The van der Waals surface area contributed by atoms with E-state index in [-0.39, 0.29) is 18.3 Å². The minimum absolute atomic E-state index is 0.0524. The number of anilines is 1. The summed E-state index contributed by atoms with van der Waals surface area (Å²) in [5, 5.41) is 13.0. The number of ether oxygens (including phenoxy) is 1. The Bertz CT molecular complexity index is 1250. The molecule has 6 nitrogen and oxygen atoms in total. The highest BCUT2D eigenvalue weighted by molar-refractivity contribution is 7.98. The van der Waals surface area contributed by atoms with Crippen LogP contribution in [0.1, 0.15) is 5.56 Å². The van der Waals surface area contributed by atoms with E-state index in [9.17, 15) is 14.7 Å². The molecule has 2 N–H and O–H groups in total. The van der Waals surface area contributed by atoms with Gasteiger partial charge in [0, 0.05) is 33.4 Å². The number of fused-ring (bicyclic) bond motifs is 1. The Morgan fingerprint density at radius 3 is 2.55 bits per heavy atom. The summed E-state index contributed by atoms with van der Waals surface area (Å²) in [5.41, 5.74) is 1.14. The maximum atomic E-state index is 12.2. The first-order valence-electron chi connectivity index (χ1n) is 9.53. The van der Waals surface area contributed by atoms with Crippen LogP contribution < -0.4 is 15.7 Å². The van der Waals surface area contributed by atoms with Crippen molar-refractivity contribution in [3.63, 3.8) is 0 Å². The number of para-hydroxylation sites is 1. The highest BCUT2D eigenvalue weighted by Crippen LogP contribution is 2.25. The van der Waals surface area contributed by atoms with Gasteiger partial charge < -0.3 is 19.6 Å². The van der Waals surface area contributed by atoms with E-state index >= 15 is 0 Å². The van der Waals surface area contributed by atoms with Gasteiger partial charge in [-0.1, -0.05) is 18.2 Å². The molecule has 31 heavy (non-hydrogen) atoms. The second kappa shape index (κ2) is 9.40. The average Bonchev–Trinajstić information content (AvgIpc) is 2.78. The van der Waals surface area contributed by atoms with Crippen LogP contribution in [0, 0.1) is 0 Å². The summed E-state index contributed by atoms with van der Waals surface area (Å²) in [4.78, 5) is 25.2. The molecule has 0 bridgehead atoms. The molecule has 0 aliphatic carbocycles. The quantitative estimate of drug-likeness (QED) is 0.321. The van der Waals surface area contributed by atoms with Gasteiger partial charge in [0.2, 0.25) is 0 Å². The summed E-state index contributed by atoms with van der Waals surface area (Å²) < 4.78 is 10.7. The average molecular weight is 433 g/mol. The third kappa shape index (κ3) is 5.46. The normalized spacial score (nSPS) is 10.7. The van der Waals surface area contributed by atoms with E-state index in [1.165, 1.54) is 17.8 Å². The third-order valence-electron chi connectivity index (χ3n) is 4.44. The van der Waals surface area contributed by atoms with Crippen molar-refractivity contribution in [2.45, 2.75) is 10.6 Å². The van der Waals surface area contributed by atoms with Crippen molar-refractivity contribution in [1.82, 2.24) is 0 Å². The molecule has 1 aromatic heterocycles. The van der Waals surface area contributed by atoms with Crippen molar-refractivity contribution in [3.8, 4) is 11.5 Å². The summed E-state index contributed by atoms with van der Waals surface area (Å²) in [6.07, 6.45) is 0. The topological polar surface area (TPSA) is 88.8 Å². The van der Waals surface area contributed by atoms with Gasteiger partial charge in [-0.2, -0.15) is 0 Å². The lowest BCUT2D eigenvalue weighted by molar-refractivity contribution is -0.118. The first-order valence-corrected chi connectivity index (χ1v) is 10.5. The molecular weight excluding hydrogens is 414 g/mol. The molecule has 0 saturated carbocycles. The van der Waals surface area contributed by atoms with E-state index in [0.717, 1.165) is 10.3 Å². The first kappa shape index (κ1) is 20.6. The van der Waals surface area contributed by atoms with Crippen LogP contribution in [0.4, 0.5) is 5.69 Å². The number of hydrogen-bond acceptors (Lipinski definition) is 6. The highest BCUT2D eigenvalue weighted by Gasteiger charge is 2.08. The molecule has 156 valence electrons. The number of thioether (sulfide) groups is 1. The van der Waals surface area contributed by atoms with Crippen LogP contribution in [-0.4, -0.2) is 17.6 Å². The SMILES string of the molecule is O=C(COc1ccccc1)Nc1ccc(SCc2cc3ccc(O)cc3oc2=O)cc1. The first-order chi connectivity index (χ1) is 15.1. The molecule has 0 fully saturated rings. The number of phenols is 1. The van der Waals surface area contributed by atoms with Crippen molar-refractivity contribution in [2.24, 2.45) is 0 Å². The van der Waals surface area contributed by atoms with E-state index < -0.39 is 5.63 Å². The molecule has 7 heteroatoms. The van der Waals surface area contributed by atoms with Crippen molar-refractivity contribution < 1.29 is 19.1 Å². The van der Waals surface area contributed by atoms with Gasteiger partial charge in [-0.05, 0) is 54.6 Å². The number of nitrogens with one attached hydrogen (secondary N) is 1. The van der Waals surface area contributed by atoms with Gasteiger partial charge in [-0.15, -0.1) is 11.8 Å². The Morgan fingerprint density at radius 2 is 1.77 bits per heavy atom. The maximum Gasteiger partial charge on any atom is 0.340 e. The number of benzene rings is 3. The van der Waals surface area contributed by atoms with Gasteiger partial charge in [0.15, 0.2) is 6.61 Å². The van der Waals surface area contributed by atoms with Gasteiger partial charge in [-0.3, -0.25) is 4.79 Å². The van der Waals surface area contributed by atoms with Crippen LogP contribution in [0.3, 0.4) is 0 Å². The number of carbonyl (C=O) groups is 1. The van der Waals surface area contributed by atoms with Crippen LogP contribution in [0.15, 0.2) is 93.0 Å². The highest BCUT2D eigenvalue weighted by atomic mass is 32.2. The standard InChI is InChI=1S/C24H19NO5S/c26-19-9-6-16-12-17(24(28)30-22(16)13-19)15-31-21-10-7-18(8-11-21)25-23(27)14-29-20-4-2-1-3-5-20/h1-13,26H,14-15H2,(H,25,27). The fourth-order valence-electron chi connectivity index (χ4n) is 2.90. The lowest BCUT2D eigenvalue weighted by atomic mass is 10.2. The Labute approximate surface area is 182 Å². The molecule has 0 radical (unpaired) electrons. The molecule has 4 aromatic rings. The van der Waals surface area contributed by atoms with E-state index in [2.05, 4.69) is 5.32 Å². The van der Waals surface area contributed by atoms with E-state index in [4.69, 9.17) is 9.15 Å². The third-order valence-corrected chi connectivity index (χ3v) is 5.50. The van der Waals surface area contributed by atoms with Crippen LogP contribution in [0.5, 0.6) is 11.5 Å². The van der Waals surface area contributed by atoms with Crippen LogP contribution in [0.2, 0.25) is 0 Å². The summed E-state index contributed by atoms with van der Waals surface area (Å²) >= 11 is 1.49. The molecule has 0 atom stereocenters. The van der Waals surface area contributed by atoms with Crippen LogP contribution >= 0.6 is 11.8 Å². The maximum absolute atomic E-state index is 12.2. The number of aromatic hydroxyl groups is 1. The molecule has 0 aliphatic heterocycles. The number of hydrogen-bond donors (Lipinski definition) is 2. The smallest absolute Gasteiger partial charge is 0.340 e. The van der Waals surface area contributed by atoms with Crippen molar-refractivity contribution in [2.75, 3.05) is 11.9 Å². The minimum atomic E-state index is -0.423. The van der Waals surface area contributed by atoms with Gasteiger partial charge in [-0.25, -0.2) is 4.79 Å². The summed E-state index contributed by atoms with van der Waals surface area (Å²) in [5.74, 6) is 0.885. The summed E-state index contributed by atoms with van der Waals surface area (Å²) in [6, 6.07) is 23.0. The monoisotopic (exact) mass is 433 g/mol.